The minimum Gasteiger partial charge on any atom is -0.481 e. The predicted molar refractivity (Wildman–Crippen MR) is 115 cm³/mol. The van der Waals surface area contributed by atoms with E-state index in [-0.39, 0.29) is 5.92 Å². The van der Waals surface area contributed by atoms with E-state index in [1.807, 2.05) is 6.92 Å². The Morgan fingerprint density at radius 1 is 0.630 bits per heavy atom. The third-order valence-corrected chi connectivity index (χ3v) is 5.66. The Morgan fingerprint density at radius 3 is 1.44 bits per heavy atom. The molecule has 3 heteroatoms. The molecule has 0 rings (SSSR count). The fourth-order valence-corrected chi connectivity index (χ4v) is 3.68. The largest absolute Gasteiger partial charge is 0.481 e. The second-order valence-electron chi connectivity index (χ2n) is 8.22. The quantitative estimate of drug-likeness (QED) is 0.207. The number of hydrogen-bond acceptors (Lipinski definition) is 2. The van der Waals surface area contributed by atoms with Gasteiger partial charge in [0.25, 0.3) is 0 Å². The Hall–Kier alpha value is -0.860. The van der Waals surface area contributed by atoms with E-state index in [1.165, 1.54) is 57.8 Å². The molecule has 0 aliphatic rings. The summed E-state index contributed by atoms with van der Waals surface area (Å²) in [6, 6.07) is 0. The van der Waals surface area contributed by atoms with Crippen LogP contribution in [0.1, 0.15) is 136 Å². The van der Waals surface area contributed by atoms with E-state index in [0.717, 1.165) is 64.2 Å². The van der Waals surface area contributed by atoms with Gasteiger partial charge in [0.1, 0.15) is 5.78 Å². The van der Waals surface area contributed by atoms with Crippen LogP contribution in [0.2, 0.25) is 0 Å². The summed E-state index contributed by atoms with van der Waals surface area (Å²) in [6.45, 7) is 4.20. The summed E-state index contributed by atoms with van der Waals surface area (Å²) in [5, 5.41) is 9.01. The zero-order valence-electron chi connectivity index (χ0n) is 18.3. The maximum Gasteiger partial charge on any atom is 0.306 e. The fourth-order valence-electron chi connectivity index (χ4n) is 3.68. The van der Waals surface area contributed by atoms with Crippen LogP contribution in [0.15, 0.2) is 0 Å². The van der Waals surface area contributed by atoms with E-state index in [2.05, 4.69) is 6.92 Å². The van der Waals surface area contributed by atoms with Crippen molar-refractivity contribution < 1.29 is 14.7 Å². The fraction of sp³-hybridized carbons (Fsp3) is 0.917. The maximum atomic E-state index is 11.9. The molecule has 1 unspecified atom stereocenters. The zero-order chi connectivity index (χ0) is 20.2. The number of aliphatic carboxylic acids is 1. The van der Waals surface area contributed by atoms with E-state index >= 15 is 0 Å². The molecular weight excluding hydrogens is 336 g/mol. The molecule has 1 atom stereocenters. The number of hydrogen-bond donors (Lipinski definition) is 1. The second-order valence-corrected chi connectivity index (χ2v) is 8.22. The highest BCUT2D eigenvalue weighted by molar-refractivity contribution is 5.78. The molecule has 0 aromatic heterocycles. The minimum absolute atomic E-state index is 0.173. The summed E-state index contributed by atoms with van der Waals surface area (Å²) < 4.78 is 0. The SMILES string of the molecule is CCCCCCCCCCCCC(=O)CCCCCCCC(CC)C(=O)O. The lowest BCUT2D eigenvalue weighted by molar-refractivity contribution is -0.142. The van der Waals surface area contributed by atoms with Gasteiger partial charge in [0.05, 0.1) is 5.92 Å². The van der Waals surface area contributed by atoms with Crippen LogP contribution < -0.4 is 0 Å². The van der Waals surface area contributed by atoms with Gasteiger partial charge in [-0.15, -0.1) is 0 Å². The van der Waals surface area contributed by atoms with Crippen LogP contribution in [0.5, 0.6) is 0 Å². The van der Waals surface area contributed by atoms with Crippen molar-refractivity contribution in [3.05, 3.63) is 0 Å². The molecule has 0 aliphatic heterocycles. The molecule has 0 bridgehead atoms. The molecule has 0 heterocycles. The number of carboxylic acids is 1. The number of carboxylic acid groups (broad SMARTS) is 1. The van der Waals surface area contributed by atoms with Crippen LogP contribution >= 0.6 is 0 Å². The minimum atomic E-state index is -0.657. The van der Waals surface area contributed by atoms with Crippen LogP contribution in [-0.2, 0) is 9.59 Å². The second kappa shape index (κ2) is 19.9. The molecule has 0 saturated heterocycles. The molecule has 160 valence electrons. The summed E-state index contributed by atoms with van der Waals surface area (Å²) in [6.07, 6.45) is 21.5. The number of carbonyl (C=O) groups excluding carboxylic acids is 1. The lowest BCUT2D eigenvalue weighted by Crippen LogP contribution is -2.12. The van der Waals surface area contributed by atoms with E-state index in [1.54, 1.807) is 0 Å². The van der Waals surface area contributed by atoms with Gasteiger partial charge in [-0.25, -0.2) is 0 Å². The predicted octanol–water partition coefficient (Wildman–Crippen LogP) is 7.71. The standard InChI is InChI=1S/C24H46O3/c1-3-5-6-7-8-9-10-11-14-17-20-23(25)21-18-15-12-13-16-19-22(4-2)24(26)27/h22H,3-21H2,1-2H3,(H,26,27). The van der Waals surface area contributed by atoms with E-state index < -0.39 is 5.97 Å². The third-order valence-electron chi connectivity index (χ3n) is 5.66. The smallest absolute Gasteiger partial charge is 0.306 e. The first-order valence-electron chi connectivity index (χ1n) is 11.9. The van der Waals surface area contributed by atoms with Gasteiger partial charge in [-0.1, -0.05) is 97.3 Å². The van der Waals surface area contributed by atoms with Gasteiger partial charge in [0.2, 0.25) is 0 Å². The number of Topliss-reactive ketones (excluding diaryl/α,β-unsaturated/α-hetero) is 1. The Kier molecular flexibility index (Phi) is 19.3. The molecule has 0 fully saturated rings. The number of rotatable bonds is 21. The molecule has 27 heavy (non-hydrogen) atoms. The summed E-state index contributed by atoms with van der Waals surface area (Å²) in [7, 11) is 0. The van der Waals surface area contributed by atoms with Crippen molar-refractivity contribution in [2.24, 2.45) is 5.92 Å². The lowest BCUT2D eigenvalue weighted by Gasteiger charge is -2.08. The third kappa shape index (κ3) is 18.3. The van der Waals surface area contributed by atoms with Crippen LogP contribution in [0.25, 0.3) is 0 Å². The Labute approximate surface area is 168 Å². The van der Waals surface area contributed by atoms with Crippen molar-refractivity contribution in [3.63, 3.8) is 0 Å². The normalized spacial score (nSPS) is 12.2. The van der Waals surface area contributed by atoms with Gasteiger partial charge >= 0.3 is 5.97 Å². The zero-order valence-corrected chi connectivity index (χ0v) is 18.3. The van der Waals surface area contributed by atoms with Gasteiger partial charge < -0.3 is 5.11 Å². The lowest BCUT2D eigenvalue weighted by atomic mass is 9.98. The first kappa shape index (κ1) is 26.1. The molecule has 3 nitrogen and oxygen atoms in total. The van der Waals surface area contributed by atoms with Gasteiger partial charge in [0.15, 0.2) is 0 Å². The summed E-state index contributed by atoms with van der Waals surface area (Å²) in [4.78, 5) is 22.8. The van der Waals surface area contributed by atoms with Crippen LogP contribution in [0.4, 0.5) is 0 Å². The maximum absolute atomic E-state index is 11.9. The first-order chi connectivity index (χ1) is 13.1. The van der Waals surface area contributed by atoms with Crippen molar-refractivity contribution >= 4 is 11.8 Å². The molecule has 0 radical (unpaired) electrons. The van der Waals surface area contributed by atoms with Crippen LogP contribution in [-0.4, -0.2) is 16.9 Å². The van der Waals surface area contributed by atoms with Crippen molar-refractivity contribution in [1.82, 2.24) is 0 Å². The summed E-state index contributed by atoms with van der Waals surface area (Å²) in [5.41, 5.74) is 0. The molecule has 0 amide bonds. The Morgan fingerprint density at radius 2 is 1.04 bits per heavy atom. The average molecular weight is 383 g/mol. The molecule has 0 aromatic rings. The van der Waals surface area contributed by atoms with E-state index in [4.69, 9.17) is 5.11 Å². The Balaban J connectivity index is 3.29. The van der Waals surface area contributed by atoms with Gasteiger partial charge in [-0.2, -0.15) is 0 Å². The van der Waals surface area contributed by atoms with Gasteiger partial charge in [-0.3, -0.25) is 9.59 Å². The van der Waals surface area contributed by atoms with Crippen LogP contribution in [0.3, 0.4) is 0 Å². The molecule has 0 aliphatic carbocycles. The number of ketones is 1. The summed E-state index contributed by atoms with van der Waals surface area (Å²) in [5.74, 6) is -0.394. The first-order valence-corrected chi connectivity index (χ1v) is 11.9. The highest BCUT2D eigenvalue weighted by atomic mass is 16.4. The average Bonchev–Trinajstić information content (AvgIpc) is 2.65. The van der Waals surface area contributed by atoms with Gasteiger partial charge in [0, 0.05) is 12.8 Å². The van der Waals surface area contributed by atoms with Crippen molar-refractivity contribution in [3.8, 4) is 0 Å². The molecule has 0 saturated carbocycles. The monoisotopic (exact) mass is 382 g/mol. The van der Waals surface area contributed by atoms with Crippen molar-refractivity contribution in [2.75, 3.05) is 0 Å². The topological polar surface area (TPSA) is 54.4 Å². The van der Waals surface area contributed by atoms with Crippen LogP contribution in [0, 0.1) is 5.92 Å². The highest BCUT2D eigenvalue weighted by Crippen LogP contribution is 2.16. The Bertz CT molecular complexity index is 352. The number of unbranched alkanes of at least 4 members (excludes halogenated alkanes) is 13. The summed E-state index contributed by atoms with van der Waals surface area (Å²) >= 11 is 0. The van der Waals surface area contributed by atoms with E-state index in [9.17, 15) is 9.59 Å². The van der Waals surface area contributed by atoms with Crippen molar-refractivity contribution in [1.29, 1.82) is 0 Å². The van der Waals surface area contributed by atoms with Gasteiger partial charge in [-0.05, 0) is 25.7 Å². The molecule has 1 N–H and O–H groups in total. The van der Waals surface area contributed by atoms with Crippen molar-refractivity contribution in [2.45, 2.75) is 136 Å². The number of carbonyl (C=O) groups is 2. The molecule has 0 aromatic carbocycles. The highest BCUT2D eigenvalue weighted by Gasteiger charge is 2.13. The molecular formula is C24H46O3. The molecule has 0 spiro atoms. The van der Waals surface area contributed by atoms with E-state index in [0.29, 0.717) is 5.78 Å².